The summed E-state index contributed by atoms with van der Waals surface area (Å²) in [6.07, 6.45) is 7.13. The number of hydrogen-bond acceptors (Lipinski definition) is 6. The van der Waals surface area contributed by atoms with Crippen LogP contribution in [0.3, 0.4) is 0 Å². The third kappa shape index (κ3) is 3.27. The van der Waals surface area contributed by atoms with E-state index in [1.807, 2.05) is 35.4 Å². The number of pyridine rings is 1. The summed E-state index contributed by atoms with van der Waals surface area (Å²) in [5.41, 5.74) is 3.35. The number of amides is 1. The highest BCUT2D eigenvalue weighted by Gasteiger charge is 2.41. The molecule has 1 aromatic carbocycles. The van der Waals surface area contributed by atoms with Crippen molar-refractivity contribution in [3.05, 3.63) is 90.3 Å². The normalized spacial score (nSPS) is 15.7. The number of benzene rings is 1. The Kier molecular flexibility index (Phi) is 4.49. The number of nitrogens with one attached hydrogen (secondary N) is 1. The van der Waals surface area contributed by atoms with Crippen LogP contribution in [0.25, 0.3) is 11.5 Å². The van der Waals surface area contributed by atoms with Crippen molar-refractivity contribution >= 4 is 11.6 Å². The van der Waals surface area contributed by atoms with E-state index >= 15 is 0 Å². The molecule has 33 heavy (non-hydrogen) atoms. The predicted molar refractivity (Wildman–Crippen MR) is 119 cm³/mol. The second kappa shape index (κ2) is 7.66. The maximum atomic E-state index is 13.2. The summed E-state index contributed by atoms with van der Waals surface area (Å²) in [7, 11) is 0. The molecule has 5 heterocycles. The van der Waals surface area contributed by atoms with Gasteiger partial charge in [-0.3, -0.25) is 9.89 Å². The summed E-state index contributed by atoms with van der Waals surface area (Å²) in [5.74, 6) is 0.391. The van der Waals surface area contributed by atoms with Gasteiger partial charge in [-0.2, -0.15) is 9.78 Å². The van der Waals surface area contributed by atoms with Gasteiger partial charge >= 0.3 is 0 Å². The van der Waals surface area contributed by atoms with Crippen LogP contribution in [0.15, 0.2) is 73.3 Å². The van der Waals surface area contributed by atoms with Gasteiger partial charge in [-0.15, -0.1) is 5.10 Å². The summed E-state index contributed by atoms with van der Waals surface area (Å²) in [6.45, 7) is 1.22. The summed E-state index contributed by atoms with van der Waals surface area (Å²) >= 11 is 0. The molecular weight excluding hydrogens is 418 g/mol. The number of imidazole rings is 1. The molecule has 1 saturated heterocycles. The summed E-state index contributed by atoms with van der Waals surface area (Å²) in [6, 6.07) is 18.2. The van der Waals surface area contributed by atoms with E-state index in [-0.39, 0.29) is 11.3 Å². The maximum Gasteiger partial charge on any atom is 0.271 e. The minimum absolute atomic E-state index is 0.0847. The Bertz CT molecular complexity index is 1360. The van der Waals surface area contributed by atoms with Crippen molar-refractivity contribution in [1.82, 2.24) is 44.7 Å². The van der Waals surface area contributed by atoms with Crippen molar-refractivity contribution < 1.29 is 4.79 Å². The third-order valence-corrected chi connectivity index (χ3v) is 6.46. The lowest BCUT2D eigenvalue weighted by Gasteiger charge is -2.41. The zero-order valence-electron chi connectivity index (χ0n) is 17.7. The van der Waals surface area contributed by atoms with Crippen LogP contribution < -0.4 is 0 Å². The van der Waals surface area contributed by atoms with Gasteiger partial charge in [-0.25, -0.2) is 4.98 Å². The molecule has 5 aromatic rings. The Morgan fingerprint density at radius 1 is 1.03 bits per heavy atom. The standard InChI is InChI=1S/C23H21N9O/c33-22(18-14-21(27-26-18)32-16-24-28-29-32)30-12-9-23(10-13-30,17-6-2-1-3-7-17)19-15-31-11-5-4-8-20(31)25-19/h1-8,11,14-16H,9-10,12-13H2,(H,26,27). The maximum absolute atomic E-state index is 13.2. The van der Waals surface area contributed by atoms with Crippen LogP contribution in [-0.4, -0.2) is 63.7 Å². The molecule has 0 aliphatic carbocycles. The van der Waals surface area contributed by atoms with Crippen LogP contribution in [0.4, 0.5) is 0 Å². The quantitative estimate of drug-likeness (QED) is 0.460. The molecule has 1 fully saturated rings. The summed E-state index contributed by atoms with van der Waals surface area (Å²) < 4.78 is 3.47. The number of hydrogen-bond donors (Lipinski definition) is 1. The molecule has 4 aromatic heterocycles. The van der Waals surface area contributed by atoms with Crippen molar-refractivity contribution in [2.45, 2.75) is 18.3 Å². The molecular formula is C23H21N9O. The largest absolute Gasteiger partial charge is 0.337 e. The topological polar surface area (TPSA) is 110 Å². The van der Waals surface area contributed by atoms with Crippen molar-refractivity contribution in [1.29, 1.82) is 0 Å². The number of aromatic amines is 1. The van der Waals surface area contributed by atoms with Crippen LogP contribution in [0, 0.1) is 0 Å². The van der Waals surface area contributed by atoms with Crippen LogP contribution in [-0.2, 0) is 5.41 Å². The Labute approximate surface area is 188 Å². The van der Waals surface area contributed by atoms with Crippen LogP contribution in [0.2, 0.25) is 0 Å². The monoisotopic (exact) mass is 439 g/mol. The van der Waals surface area contributed by atoms with Gasteiger partial charge in [0.1, 0.15) is 17.7 Å². The van der Waals surface area contributed by atoms with Gasteiger partial charge in [0.2, 0.25) is 0 Å². The predicted octanol–water partition coefficient (Wildman–Crippen LogP) is 2.26. The first-order chi connectivity index (χ1) is 16.2. The van der Waals surface area contributed by atoms with Crippen LogP contribution in [0.1, 0.15) is 34.6 Å². The van der Waals surface area contributed by atoms with Gasteiger partial charge in [-0.1, -0.05) is 36.4 Å². The zero-order chi connectivity index (χ0) is 22.3. The molecule has 0 saturated carbocycles. The van der Waals surface area contributed by atoms with Gasteiger partial charge in [0.05, 0.1) is 5.69 Å². The Balaban J connectivity index is 1.29. The van der Waals surface area contributed by atoms with E-state index in [1.165, 1.54) is 16.6 Å². The minimum Gasteiger partial charge on any atom is -0.337 e. The van der Waals surface area contributed by atoms with Gasteiger partial charge in [0.25, 0.3) is 5.91 Å². The lowest BCUT2D eigenvalue weighted by atomic mass is 9.70. The van der Waals surface area contributed by atoms with Crippen LogP contribution >= 0.6 is 0 Å². The van der Waals surface area contributed by atoms with Crippen molar-refractivity contribution in [3.63, 3.8) is 0 Å². The van der Waals surface area contributed by atoms with Gasteiger partial charge < -0.3 is 9.30 Å². The number of carbonyl (C=O) groups excluding carboxylic acids is 1. The van der Waals surface area contributed by atoms with E-state index < -0.39 is 0 Å². The molecule has 0 atom stereocenters. The Morgan fingerprint density at radius 2 is 1.85 bits per heavy atom. The summed E-state index contributed by atoms with van der Waals surface area (Å²) in [5, 5.41) is 18.0. The number of rotatable bonds is 4. The van der Waals surface area contributed by atoms with Crippen molar-refractivity contribution in [2.75, 3.05) is 13.1 Å². The first-order valence-corrected chi connectivity index (χ1v) is 10.8. The molecule has 0 unspecified atom stereocenters. The SMILES string of the molecule is O=C(c1cc(-n2cnnn2)n[nH]1)N1CCC(c2ccccc2)(c2cn3ccccc3n2)CC1. The van der Waals surface area contributed by atoms with Gasteiger partial charge in [0, 0.05) is 37.0 Å². The molecule has 1 amide bonds. The molecule has 10 heteroatoms. The fraction of sp³-hybridized carbons (Fsp3) is 0.217. The van der Waals surface area contributed by atoms with E-state index in [9.17, 15) is 4.79 Å². The van der Waals surface area contributed by atoms with E-state index in [1.54, 1.807) is 6.07 Å². The number of nitrogens with zero attached hydrogens (tertiary/aromatic N) is 8. The zero-order valence-corrected chi connectivity index (χ0v) is 17.7. The van der Waals surface area contributed by atoms with Crippen molar-refractivity contribution in [3.8, 4) is 5.82 Å². The average Bonchev–Trinajstić information content (AvgIpc) is 3.64. The van der Waals surface area contributed by atoms with Crippen molar-refractivity contribution in [2.24, 2.45) is 0 Å². The second-order valence-corrected chi connectivity index (χ2v) is 8.23. The number of likely N-dealkylation sites (tertiary alicyclic amines) is 1. The molecule has 0 radical (unpaired) electrons. The molecule has 6 rings (SSSR count). The van der Waals surface area contributed by atoms with Gasteiger partial charge in [0.15, 0.2) is 5.82 Å². The summed E-state index contributed by atoms with van der Waals surface area (Å²) in [4.78, 5) is 20.0. The highest BCUT2D eigenvalue weighted by Crippen LogP contribution is 2.41. The lowest BCUT2D eigenvalue weighted by Crippen LogP contribution is -2.46. The van der Waals surface area contributed by atoms with E-state index in [0.29, 0.717) is 24.6 Å². The number of carbonyl (C=O) groups is 1. The fourth-order valence-electron chi connectivity index (χ4n) is 4.68. The second-order valence-electron chi connectivity index (χ2n) is 8.23. The molecule has 1 aliphatic rings. The number of tetrazole rings is 1. The smallest absolute Gasteiger partial charge is 0.271 e. The fourth-order valence-corrected chi connectivity index (χ4v) is 4.68. The highest BCUT2D eigenvalue weighted by atomic mass is 16.2. The number of fused-ring (bicyclic) bond motifs is 1. The number of piperidine rings is 1. The van der Waals surface area contributed by atoms with E-state index in [2.05, 4.69) is 60.6 Å². The Morgan fingerprint density at radius 3 is 2.61 bits per heavy atom. The molecule has 1 N–H and O–H groups in total. The average molecular weight is 439 g/mol. The lowest BCUT2D eigenvalue weighted by molar-refractivity contribution is 0.0678. The van der Waals surface area contributed by atoms with E-state index in [0.717, 1.165) is 24.2 Å². The molecule has 164 valence electrons. The molecule has 1 aliphatic heterocycles. The first kappa shape index (κ1) is 19.4. The molecule has 0 bridgehead atoms. The van der Waals surface area contributed by atoms with Crippen LogP contribution in [0.5, 0.6) is 0 Å². The molecule has 10 nitrogen and oxygen atoms in total. The highest BCUT2D eigenvalue weighted by molar-refractivity contribution is 5.92. The first-order valence-electron chi connectivity index (χ1n) is 10.8. The van der Waals surface area contributed by atoms with E-state index in [4.69, 9.17) is 4.98 Å². The molecule has 0 spiro atoms. The number of aromatic nitrogens is 8. The Hall–Kier alpha value is -4.34. The third-order valence-electron chi connectivity index (χ3n) is 6.46. The number of H-pyrrole nitrogens is 1. The van der Waals surface area contributed by atoms with Gasteiger partial charge in [-0.05, 0) is 41.0 Å². The minimum atomic E-state index is -0.254.